The fourth-order valence-corrected chi connectivity index (χ4v) is 1.72. The van der Waals surface area contributed by atoms with Crippen molar-refractivity contribution in [2.24, 2.45) is 0 Å². The van der Waals surface area contributed by atoms with Gasteiger partial charge >= 0.3 is 18.4 Å². The van der Waals surface area contributed by atoms with E-state index in [1.165, 1.54) is 45.4 Å². The highest BCUT2D eigenvalue weighted by Gasteiger charge is 2.06. The minimum atomic E-state index is -2.05. The molecule has 2 N–H and O–H groups in total. The molecule has 0 aliphatic heterocycles. The highest BCUT2D eigenvalue weighted by Crippen LogP contribution is 2.08. The maximum Gasteiger partial charge on any atom is 0.337 e. The van der Waals surface area contributed by atoms with Crippen LogP contribution in [0, 0.1) is 0 Å². The Hall–Kier alpha value is -1.66. The molecule has 0 saturated carbocycles. The standard InChI is InChI=1S/C14H26O2.C5H8O4/c1-4-5-6-7-8-9-10-11-12-16-14(15)13(2)3;1-3(2)4(6)9-5(7)8/h2,4-12H2,1,3H3;5,7-8H,1H2,2H3. The van der Waals surface area contributed by atoms with E-state index in [2.05, 4.69) is 24.8 Å². The lowest BCUT2D eigenvalue weighted by Gasteiger charge is -2.04. The van der Waals surface area contributed by atoms with Crippen LogP contribution in [0.2, 0.25) is 0 Å². The zero-order chi connectivity index (χ0) is 19.7. The first-order valence-corrected chi connectivity index (χ1v) is 8.77. The molecule has 0 aliphatic rings. The number of hydrogen-bond donors (Lipinski definition) is 2. The smallest absolute Gasteiger partial charge is 0.337 e. The summed E-state index contributed by atoms with van der Waals surface area (Å²) in [5.41, 5.74) is 0.614. The van der Waals surface area contributed by atoms with Crippen LogP contribution in [-0.4, -0.2) is 35.2 Å². The highest BCUT2D eigenvalue weighted by molar-refractivity contribution is 5.87. The van der Waals surface area contributed by atoms with Gasteiger partial charge in [-0.05, 0) is 20.3 Å². The molecule has 0 fully saturated rings. The molecule has 146 valence electrons. The second-order valence-electron chi connectivity index (χ2n) is 5.90. The molecule has 0 aromatic heterocycles. The Balaban J connectivity index is 0. The number of aliphatic hydroxyl groups is 2. The van der Waals surface area contributed by atoms with Gasteiger partial charge in [-0.3, -0.25) is 0 Å². The van der Waals surface area contributed by atoms with Gasteiger partial charge in [0.2, 0.25) is 0 Å². The molecule has 0 heterocycles. The lowest BCUT2D eigenvalue weighted by molar-refractivity contribution is -0.226. The summed E-state index contributed by atoms with van der Waals surface area (Å²) in [6.07, 6.45) is 10.1. The molecule has 0 rings (SSSR count). The molecule has 0 radical (unpaired) electrons. The summed E-state index contributed by atoms with van der Waals surface area (Å²) in [4.78, 5) is 21.3. The SMILES string of the molecule is C=C(C)C(=O)OC(O)O.C=C(C)C(=O)OCCCCCCCCCC. The van der Waals surface area contributed by atoms with Crippen molar-refractivity contribution in [1.29, 1.82) is 0 Å². The predicted molar refractivity (Wildman–Crippen MR) is 97.5 cm³/mol. The predicted octanol–water partition coefficient (Wildman–Crippen LogP) is 3.62. The summed E-state index contributed by atoms with van der Waals surface area (Å²) in [7, 11) is 0. The van der Waals surface area contributed by atoms with Crippen molar-refractivity contribution >= 4 is 11.9 Å². The average molecular weight is 358 g/mol. The van der Waals surface area contributed by atoms with E-state index in [0.29, 0.717) is 12.2 Å². The molecule has 0 aromatic rings. The summed E-state index contributed by atoms with van der Waals surface area (Å²) < 4.78 is 8.89. The van der Waals surface area contributed by atoms with Crippen molar-refractivity contribution in [2.75, 3.05) is 6.61 Å². The number of carbonyl (C=O) groups is 2. The first-order chi connectivity index (χ1) is 11.7. The van der Waals surface area contributed by atoms with Crippen LogP contribution in [0.5, 0.6) is 0 Å². The summed E-state index contributed by atoms with van der Waals surface area (Å²) in [5.74, 6) is -1.08. The van der Waals surface area contributed by atoms with Gasteiger partial charge in [0, 0.05) is 11.1 Å². The van der Waals surface area contributed by atoms with E-state index < -0.39 is 12.4 Å². The molecule has 0 saturated heterocycles. The van der Waals surface area contributed by atoms with Gasteiger partial charge in [-0.25, -0.2) is 9.59 Å². The lowest BCUT2D eigenvalue weighted by Crippen LogP contribution is -2.16. The molecule has 0 unspecified atom stereocenters. The fourth-order valence-electron chi connectivity index (χ4n) is 1.72. The molecule has 0 atom stereocenters. The molecule has 0 amide bonds. The molecular formula is C19H34O6. The van der Waals surface area contributed by atoms with Crippen molar-refractivity contribution in [3.05, 3.63) is 24.3 Å². The van der Waals surface area contributed by atoms with Crippen molar-refractivity contribution in [3.63, 3.8) is 0 Å². The van der Waals surface area contributed by atoms with Crippen molar-refractivity contribution in [3.8, 4) is 0 Å². The minimum Gasteiger partial charge on any atom is -0.462 e. The van der Waals surface area contributed by atoms with Crippen LogP contribution in [0.25, 0.3) is 0 Å². The van der Waals surface area contributed by atoms with E-state index in [9.17, 15) is 9.59 Å². The Morgan fingerprint density at radius 3 is 1.64 bits per heavy atom. The molecule has 0 spiro atoms. The quantitative estimate of drug-likeness (QED) is 0.239. The number of esters is 2. The largest absolute Gasteiger partial charge is 0.462 e. The number of rotatable bonds is 12. The number of carbonyl (C=O) groups excluding carboxylic acids is 2. The van der Waals surface area contributed by atoms with Crippen LogP contribution in [0.1, 0.15) is 72.1 Å². The summed E-state index contributed by atoms with van der Waals surface area (Å²) in [5, 5.41) is 16.1. The van der Waals surface area contributed by atoms with E-state index in [0.717, 1.165) is 12.8 Å². The van der Waals surface area contributed by atoms with Crippen LogP contribution in [0.3, 0.4) is 0 Å². The van der Waals surface area contributed by atoms with Gasteiger partial charge in [0.15, 0.2) is 0 Å². The fraction of sp³-hybridized carbons (Fsp3) is 0.684. The van der Waals surface area contributed by atoms with E-state index >= 15 is 0 Å². The maximum absolute atomic E-state index is 11.0. The number of ether oxygens (including phenoxy) is 2. The Morgan fingerprint density at radius 2 is 1.28 bits per heavy atom. The van der Waals surface area contributed by atoms with Crippen LogP contribution >= 0.6 is 0 Å². The normalized spacial score (nSPS) is 9.84. The zero-order valence-corrected chi connectivity index (χ0v) is 15.9. The molecule has 6 nitrogen and oxygen atoms in total. The zero-order valence-electron chi connectivity index (χ0n) is 15.9. The second-order valence-corrected chi connectivity index (χ2v) is 5.90. The van der Waals surface area contributed by atoms with E-state index in [-0.39, 0.29) is 11.5 Å². The van der Waals surface area contributed by atoms with E-state index in [1.807, 2.05) is 0 Å². The number of hydrogen-bond acceptors (Lipinski definition) is 6. The first-order valence-electron chi connectivity index (χ1n) is 8.77. The molecule has 6 heteroatoms. The van der Waals surface area contributed by atoms with Crippen molar-refractivity contribution in [2.45, 2.75) is 78.6 Å². The van der Waals surface area contributed by atoms with Gasteiger partial charge in [-0.15, -0.1) is 0 Å². The van der Waals surface area contributed by atoms with Gasteiger partial charge in [0.1, 0.15) is 0 Å². The summed E-state index contributed by atoms with van der Waals surface area (Å²) in [6, 6.07) is 0. The summed E-state index contributed by atoms with van der Waals surface area (Å²) in [6.45, 7) is 10.6. The van der Waals surface area contributed by atoms with Crippen molar-refractivity contribution in [1.82, 2.24) is 0 Å². The third kappa shape index (κ3) is 20.3. The van der Waals surface area contributed by atoms with E-state index in [1.54, 1.807) is 6.92 Å². The van der Waals surface area contributed by atoms with Gasteiger partial charge in [0.25, 0.3) is 0 Å². The Kier molecular flexibility index (Phi) is 17.6. The third-order valence-corrected chi connectivity index (χ3v) is 3.14. The Morgan fingerprint density at radius 1 is 0.840 bits per heavy atom. The van der Waals surface area contributed by atoms with Gasteiger partial charge in [-0.2, -0.15) is 0 Å². The number of aliphatic hydroxyl groups excluding tert-OH is 1. The van der Waals surface area contributed by atoms with Crippen LogP contribution in [-0.2, 0) is 19.1 Å². The maximum atomic E-state index is 11.0. The van der Waals surface area contributed by atoms with E-state index in [4.69, 9.17) is 14.9 Å². The first kappa shape index (κ1) is 25.6. The Labute approximate surface area is 151 Å². The molecule has 0 bridgehead atoms. The molecular weight excluding hydrogens is 324 g/mol. The lowest BCUT2D eigenvalue weighted by atomic mass is 10.1. The van der Waals surface area contributed by atoms with Gasteiger partial charge in [-0.1, -0.05) is 65.0 Å². The summed E-state index contributed by atoms with van der Waals surface area (Å²) >= 11 is 0. The Bertz CT molecular complexity index is 401. The van der Waals surface area contributed by atoms with Crippen molar-refractivity contribution < 1.29 is 29.3 Å². The van der Waals surface area contributed by atoms with Crippen LogP contribution in [0.4, 0.5) is 0 Å². The van der Waals surface area contributed by atoms with Crippen LogP contribution < -0.4 is 0 Å². The number of unbranched alkanes of at least 4 members (excludes halogenated alkanes) is 7. The average Bonchev–Trinajstić information content (AvgIpc) is 2.52. The molecule has 25 heavy (non-hydrogen) atoms. The second kappa shape index (κ2) is 17.2. The van der Waals surface area contributed by atoms with Crippen LogP contribution in [0.15, 0.2) is 24.3 Å². The molecule has 0 aliphatic carbocycles. The topological polar surface area (TPSA) is 93.1 Å². The van der Waals surface area contributed by atoms with Gasteiger partial charge in [0.05, 0.1) is 6.61 Å². The third-order valence-electron chi connectivity index (χ3n) is 3.14. The van der Waals surface area contributed by atoms with Gasteiger partial charge < -0.3 is 19.7 Å². The monoisotopic (exact) mass is 358 g/mol. The molecule has 0 aromatic carbocycles. The minimum absolute atomic E-state index is 0.128. The highest BCUT2D eigenvalue weighted by atomic mass is 16.7.